The molecule has 1 aliphatic heterocycles. The van der Waals surface area contributed by atoms with Gasteiger partial charge in [0, 0.05) is 39.3 Å². The van der Waals surface area contributed by atoms with E-state index < -0.39 is 18.0 Å². The lowest BCUT2D eigenvalue weighted by Crippen LogP contribution is -2.57. The Balaban J connectivity index is 2.51. The quantitative estimate of drug-likeness (QED) is 0.722. The van der Waals surface area contributed by atoms with E-state index in [4.69, 9.17) is 0 Å². The normalized spacial score (nSPS) is 18.7. The number of carbonyl (C=O) groups excluding carboxylic acids is 1. The molecule has 0 atom stereocenters. The molecule has 0 N–H and O–H groups in total. The molecule has 1 fully saturated rings. The molecule has 118 valence electrons. The zero-order valence-electron chi connectivity index (χ0n) is 11.4. The SMILES string of the molecule is CN(C)CCN1CCN(C(=O)C(F)(F)C(F)(F)F)CC1. The van der Waals surface area contributed by atoms with Crippen LogP contribution >= 0.6 is 0 Å². The molecule has 9 heteroatoms. The van der Waals surface area contributed by atoms with Crippen LogP contribution in [0.15, 0.2) is 0 Å². The van der Waals surface area contributed by atoms with Gasteiger partial charge in [0.05, 0.1) is 0 Å². The Morgan fingerprint density at radius 2 is 1.55 bits per heavy atom. The first-order valence-corrected chi connectivity index (χ1v) is 6.16. The van der Waals surface area contributed by atoms with Gasteiger partial charge in [-0.25, -0.2) is 0 Å². The molecule has 1 aliphatic rings. The molecule has 1 heterocycles. The molecule has 4 nitrogen and oxygen atoms in total. The fourth-order valence-electron chi connectivity index (χ4n) is 1.84. The van der Waals surface area contributed by atoms with Gasteiger partial charge in [0.2, 0.25) is 0 Å². The Hall–Kier alpha value is -0.960. The summed E-state index contributed by atoms with van der Waals surface area (Å²) >= 11 is 0. The van der Waals surface area contributed by atoms with E-state index in [0.29, 0.717) is 24.5 Å². The molecule has 0 aromatic heterocycles. The van der Waals surface area contributed by atoms with Crippen LogP contribution in [0.5, 0.6) is 0 Å². The summed E-state index contributed by atoms with van der Waals surface area (Å²) in [5.74, 6) is -7.46. The number of carbonyl (C=O) groups is 1. The van der Waals surface area contributed by atoms with Crippen LogP contribution in [-0.4, -0.2) is 86.1 Å². The Morgan fingerprint density at radius 1 is 1.05 bits per heavy atom. The molecule has 20 heavy (non-hydrogen) atoms. The minimum Gasteiger partial charge on any atom is -0.335 e. The highest BCUT2D eigenvalue weighted by molar-refractivity contribution is 5.84. The van der Waals surface area contributed by atoms with Crippen molar-refractivity contribution in [3.05, 3.63) is 0 Å². The third kappa shape index (κ3) is 4.02. The fourth-order valence-corrected chi connectivity index (χ4v) is 1.84. The summed E-state index contributed by atoms with van der Waals surface area (Å²) in [6.45, 7) is 1.81. The van der Waals surface area contributed by atoms with E-state index in [0.717, 1.165) is 6.54 Å². The molecule has 0 aliphatic carbocycles. The van der Waals surface area contributed by atoms with E-state index in [1.165, 1.54) is 0 Å². The molecule has 0 bridgehead atoms. The molecular formula is C11H18F5N3O. The molecule has 0 aromatic carbocycles. The Labute approximate surface area is 114 Å². The number of hydrogen-bond acceptors (Lipinski definition) is 3. The second-order valence-electron chi connectivity index (χ2n) is 5.01. The first-order chi connectivity index (χ1) is 9.05. The van der Waals surface area contributed by atoms with Crippen molar-refractivity contribution in [2.75, 3.05) is 53.4 Å². The van der Waals surface area contributed by atoms with Crippen molar-refractivity contribution in [2.24, 2.45) is 0 Å². The van der Waals surface area contributed by atoms with Gasteiger partial charge < -0.3 is 9.80 Å². The third-order valence-corrected chi connectivity index (χ3v) is 3.15. The maximum Gasteiger partial charge on any atom is 0.463 e. The van der Waals surface area contributed by atoms with E-state index in [2.05, 4.69) is 0 Å². The van der Waals surface area contributed by atoms with Crippen molar-refractivity contribution in [3.63, 3.8) is 0 Å². The van der Waals surface area contributed by atoms with Gasteiger partial charge in [0.25, 0.3) is 0 Å². The minimum atomic E-state index is -5.84. The van der Waals surface area contributed by atoms with Gasteiger partial charge in [-0.05, 0) is 14.1 Å². The van der Waals surface area contributed by atoms with Crippen LogP contribution in [0, 0.1) is 0 Å². The topological polar surface area (TPSA) is 26.8 Å². The van der Waals surface area contributed by atoms with E-state index >= 15 is 0 Å². The summed E-state index contributed by atoms with van der Waals surface area (Å²) in [7, 11) is 3.76. The van der Waals surface area contributed by atoms with Crippen LogP contribution in [0.3, 0.4) is 0 Å². The number of halogens is 5. The first-order valence-electron chi connectivity index (χ1n) is 6.16. The number of likely N-dealkylation sites (N-methyl/N-ethyl adjacent to an activating group) is 1. The van der Waals surface area contributed by atoms with E-state index in [1.807, 2.05) is 23.9 Å². The van der Waals surface area contributed by atoms with Gasteiger partial charge in [0.1, 0.15) is 0 Å². The zero-order chi connectivity index (χ0) is 15.6. The van der Waals surface area contributed by atoms with Crippen molar-refractivity contribution in [1.29, 1.82) is 0 Å². The van der Waals surface area contributed by atoms with E-state index in [9.17, 15) is 26.7 Å². The average molecular weight is 303 g/mol. The van der Waals surface area contributed by atoms with Crippen molar-refractivity contribution >= 4 is 5.91 Å². The number of piperazine rings is 1. The zero-order valence-corrected chi connectivity index (χ0v) is 11.4. The van der Waals surface area contributed by atoms with Gasteiger partial charge in [-0.3, -0.25) is 9.69 Å². The van der Waals surface area contributed by atoms with E-state index in [-0.39, 0.29) is 13.1 Å². The fraction of sp³-hybridized carbons (Fsp3) is 0.909. The van der Waals surface area contributed by atoms with Crippen molar-refractivity contribution < 1.29 is 26.7 Å². The second-order valence-corrected chi connectivity index (χ2v) is 5.01. The van der Waals surface area contributed by atoms with Crippen LogP contribution in [0.25, 0.3) is 0 Å². The van der Waals surface area contributed by atoms with Crippen LogP contribution in [0.4, 0.5) is 22.0 Å². The number of alkyl halides is 5. The molecule has 1 rings (SSSR count). The Kier molecular flexibility index (Phi) is 5.31. The van der Waals surface area contributed by atoms with Gasteiger partial charge in [-0.1, -0.05) is 0 Å². The van der Waals surface area contributed by atoms with Gasteiger partial charge >= 0.3 is 18.0 Å². The lowest BCUT2D eigenvalue weighted by atomic mass is 10.2. The highest BCUT2D eigenvalue weighted by Crippen LogP contribution is 2.37. The number of amides is 1. The largest absolute Gasteiger partial charge is 0.463 e. The number of rotatable bonds is 4. The predicted octanol–water partition coefficient (Wildman–Crippen LogP) is 0.890. The van der Waals surface area contributed by atoms with Crippen molar-refractivity contribution in [1.82, 2.24) is 14.7 Å². The lowest BCUT2D eigenvalue weighted by Gasteiger charge is -2.36. The maximum atomic E-state index is 12.9. The summed E-state index contributed by atoms with van der Waals surface area (Å²) in [6, 6.07) is 0. The highest BCUT2D eigenvalue weighted by atomic mass is 19.4. The predicted molar refractivity (Wildman–Crippen MR) is 62.6 cm³/mol. The summed E-state index contributed by atoms with van der Waals surface area (Å²) < 4.78 is 62.2. The Bertz CT molecular complexity index is 337. The summed E-state index contributed by atoms with van der Waals surface area (Å²) in [4.78, 5) is 15.7. The smallest absolute Gasteiger partial charge is 0.335 e. The van der Waals surface area contributed by atoms with E-state index in [1.54, 1.807) is 0 Å². The first kappa shape index (κ1) is 17.1. The molecule has 0 unspecified atom stereocenters. The standard InChI is InChI=1S/C11H18F5N3O/c1-17(2)3-4-18-5-7-19(8-6-18)9(20)10(12,13)11(14,15)16/h3-8H2,1-2H3. The summed E-state index contributed by atoms with van der Waals surface area (Å²) in [5.41, 5.74) is 0. The van der Waals surface area contributed by atoms with Gasteiger partial charge in [0.15, 0.2) is 0 Å². The van der Waals surface area contributed by atoms with Crippen molar-refractivity contribution in [3.8, 4) is 0 Å². The van der Waals surface area contributed by atoms with Crippen LogP contribution in [-0.2, 0) is 4.79 Å². The van der Waals surface area contributed by atoms with Crippen LogP contribution in [0.2, 0.25) is 0 Å². The maximum absolute atomic E-state index is 12.9. The summed E-state index contributed by atoms with van der Waals surface area (Å²) in [6.07, 6.45) is -5.84. The second kappa shape index (κ2) is 6.21. The van der Waals surface area contributed by atoms with Crippen molar-refractivity contribution in [2.45, 2.75) is 12.1 Å². The van der Waals surface area contributed by atoms with Gasteiger partial charge in [-0.15, -0.1) is 0 Å². The third-order valence-electron chi connectivity index (χ3n) is 3.15. The van der Waals surface area contributed by atoms with Crippen LogP contribution < -0.4 is 0 Å². The Morgan fingerprint density at radius 3 is 1.95 bits per heavy atom. The molecule has 0 radical (unpaired) electrons. The van der Waals surface area contributed by atoms with Crippen LogP contribution in [0.1, 0.15) is 0 Å². The average Bonchev–Trinajstić information content (AvgIpc) is 2.34. The molecule has 0 saturated carbocycles. The summed E-state index contributed by atoms with van der Waals surface area (Å²) in [5, 5.41) is 0. The minimum absolute atomic E-state index is 0.113. The van der Waals surface area contributed by atoms with Gasteiger partial charge in [-0.2, -0.15) is 22.0 Å². The molecule has 1 saturated heterocycles. The number of hydrogen-bond donors (Lipinski definition) is 0. The lowest BCUT2D eigenvalue weighted by molar-refractivity contribution is -0.274. The number of nitrogens with zero attached hydrogens (tertiary/aromatic N) is 3. The monoisotopic (exact) mass is 303 g/mol. The molecular weight excluding hydrogens is 285 g/mol. The molecule has 0 spiro atoms. The molecule has 1 amide bonds. The highest BCUT2D eigenvalue weighted by Gasteiger charge is 2.64. The molecule has 0 aromatic rings.